The molecule has 1 aromatic heterocycles. The van der Waals surface area contributed by atoms with E-state index >= 15 is 0 Å². The molecule has 8 nitrogen and oxygen atoms in total. The Labute approximate surface area is 170 Å². The minimum absolute atomic E-state index is 0.0716. The Bertz CT molecular complexity index is 1190. The second kappa shape index (κ2) is 8.70. The molecule has 0 saturated carbocycles. The van der Waals surface area contributed by atoms with Crippen molar-refractivity contribution in [3.63, 3.8) is 0 Å². The molecule has 1 amide bonds. The molecule has 0 aliphatic rings. The number of halogens is 1. The van der Waals surface area contributed by atoms with Gasteiger partial charge in [0.15, 0.2) is 0 Å². The third-order valence-electron chi connectivity index (χ3n) is 4.07. The lowest BCUT2D eigenvalue weighted by Gasteiger charge is -2.05. The molecule has 0 aliphatic heterocycles. The summed E-state index contributed by atoms with van der Waals surface area (Å²) in [5.74, 6) is -0.863. The second-order valence-electron chi connectivity index (χ2n) is 5.95. The van der Waals surface area contributed by atoms with Crippen LogP contribution in [0.2, 0.25) is 0 Å². The van der Waals surface area contributed by atoms with E-state index in [-0.39, 0.29) is 34.0 Å². The Kier molecular flexibility index (Phi) is 5.89. The van der Waals surface area contributed by atoms with E-state index in [1.54, 1.807) is 12.1 Å². The standard InChI is InChI=1S/C21H14FN3O5/c1-29-14-6-8-16(19(11-14)25(27)28)20-9-7-15(30-20)10-13(12-23)21(26)24-18-5-3-2-4-17(18)22/h2-11H,1H3,(H,24,26). The first-order chi connectivity index (χ1) is 14.4. The van der Waals surface area contributed by atoms with Crippen LogP contribution >= 0.6 is 0 Å². The fourth-order valence-corrected chi connectivity index (χ4v) is 2.62. The number of nitriles is 1. The van der Waals surface area contributed by atoms with Gasteiger partial charge in [0.05, 0.1) is 29.4 Å². The van der Waals surface area contributed by atoms with Gasteiger partial charge in [-0.15, -0.1) is 0 Å². The van der Waals surface area contributed by atoms with Gasteiger partial charge in [-0.05, 0) is 36.4 Å². The number of ether oxygens (including phenoxy) is 1. The van der Waals surface area contributed by atoms with Gasteiger partial charge >= 0.3 is 0 Å². The van der Waals surface area contributed by atoms with Crippen LogP contribution in [0.4, 0.5) is 15.8 Å². The van der Waals surface area contributed by atoms with Gasteiger partial charge in [0, 0.05) is 6.08 Å². The molecule has 0 fully saturated rings. The highest BCUT2D eigenvalue weighted by Crippen LogP contribution is 2.34. The Hall–Kier alpha value is -4.45. The third-order valence-corrected chi connectivity index (χ3v) is 4.07. The summed E-state index contributed by atoms with van der Waals surface area (Å²) < 4.78 is 24.3. The van der Waals surface area contributed by atoms with E-state index < -0.39 is 16.6 Å². The van der Waals surface area contributed by atoms with Gasteiger partial charge in [-0.25, -0.2) is 4.39 Å². The van der Waals surface area contributed by atoms with Gasteiger partial charge in [0.1, 0.15) is 34.7 Å². The number of carbonyl (C=O) groups excluding carboxylic acids is 1. The quantitative estimate of drug-likeness (QED) is 0.277. The van der Waals surface area contributed by atoms with Crippen molar-refractivity contribution in [3.8, 4) is 23.1 Å². The van der Waals surface area contributed by atoms with E-state index in [1.807, 2.05) is 0 Å². The lowest BCUT2D eigenvalue weighted by atomic mass is 10.1. The molecule has 0 aliphatic carbocycles. The highest BCUT2D eigenvalue weighted by atomic mass is 19.1. The van der Waals surface area contributed by atoms with Gasteiger partial charge in [-0.2, -0.15) is 5.26 Å². The molecule has 0 radical (unpaired) electrons. The normalized spacial score (nSPS) is 10.9. The average Bonchev–Trinajstić information content (AvgIpc) is 3.21. The van der Waals surface area contributed by atoms with Crippen molar-refractivity contribution in [3.05, 3.63) is 81.9 Å². The number of para-hydroxylation sites is 1. The number of nitro groups is 1. The van der Waals surface area contributed by atoms with Crippen LogP contribution in [0, 0.1) is 27.3 Å². The first-order valence-corrected chi connectivity index (χ1v) is 8.53. The van der Waals surface area contributed by atoms with Crippen molar-refractivity contribution < 1.29 is 23.3 Å². The van der Waals surface area contributed by atoms with Crippen LogP contribution in [0.3, 0.4) is 0 Å². The van der Waals surface area contributed by atoms with Crippen molar-refractivity contribution in [2.24, 2.45) is 0 Å². The summed E-state index contributed by atoms with van der Waals surface area (Å²) in [6, 6.07) is 14.5. The number of furan rings is 1. The SMILES string of the molecule is COc1ccc(-c2ccc(C=C(C#N)C(=O)Nc3ccccc3F)o2)c([N+](=O)[O-])c1. The lowest BCUT2D eigenvalue weighted by molar-refractivity contribution is -0.384. The predicted octanol–water partition coefficient (Wildman–Crippen LogP) is 4.55. The maximum Gasteiger partial charge on any atom is 0.284 e. The molecule has 0 atom stereocenters. The number of anilines is 1. The van der Waals surface area contributed by atoms with Crippen molar-refractivity contribution in [2.75, 3.05) is 12.4 Å². The molecule has 0 spiro atoms. The fraction of sp³-hybridized carbons (Fsp3) is 0.0476. The molecule has 9 heteroatoms. The van der Waals surface area contributed by atoms with E-state index in [0.29, 0.717) is 5.75 Å². The lowest BCUT2D eigenvalue weighted by Crippen LogP contribution is -2.14. The van der Waals surface area contributed by atoms with Crippen LogP contribution < -0.4 is 10.1 Å². The topological polar surface area (TPSA) is 118 Å². The monoisotopic (exact) mass is 407 g/mol. The summed E-state index contributed by atoms with van der Waals surface area (Å²) in [7, 11) is 1.39. The van der Waals surface area contributed by atoms with Crippen molar-refractivity contribution in [1.29, 1.82) is 5.26 Å². The highest BCUT2D eigenvalue weighted by molar-refractivity contribution is 6.09. The van der Waals surface area contributed by atoms with E-state index in [2.05, 4.69) is 5.32 Å². The van der Waals surface area contributed by atoms with E-state index in [9.17, 15) is 24.6 Å². The molecular formula is C21H14FN3O5. The Morgan fingerprint density at radius 3 is 2.70 bits per heavy atom. The number of rotatable bonds is 6. The number of nitro benzene ring substituents is 1. The van der Waals surface area contributed by atoms with Crippen LogP contribution in [0.15, 0.2) is 64.6 Å². The van der Waals surface area contributed by atoms with Gasteiger partial charge in [-0.3, -0.25) is 14.9 Å². The van der Waals surface area contributed by atoms with Crippen molar-refractivity contribution in [1.82, 2.24) is 0 Å². The number of methoxy groups -OCH3 is 1. The average molecular weight is 407 g/mol. The minimum atomic E-state index is -0.823. The molecule has 150 valence electrons. The minimum Gasteiger partial charge on any atom is -0.497 e. The molecule has 0 saturated heterocycles. The number of carbonyl (C=O) groups is 1. The number of amides is 1. The molecule has 1 heterocycles. The molecule has 3 aromatic rings. The molecule has 0 bridgehead atoms. The first kappa shape index (κ1) is 20.3. The predicted molar refractivity (Wildman–Crippen MR) is 106 cm³/mol. The number of hydrogen-bond acceptors (Lipinski definition) is 6. The Balaban J connectivity index is 1.89. The fourth-order valence-electron chi connectivity index (χ4n) is 2.62. The molecule has 3 rings (SSSR count). The van der Waals surface area contributed by atoms with Gasteiger partial charge in [0.2, 0.25) is 0 Å². The van der Waals surface area contributed by atoms with Crippen LogP contribution in [-0.4, -0.2) is 17.9 Å². The molecule has 30 heavy (non-hydrogen) atoms. The zero-order chi connectivity index (χ0) is 21.7. The zero-order valence-electron chi connectivity index (χ0n) is 15.6. The molecule has 0 unspecified atom stereocenters. The van der Waals surface area contributed by atoms with Crippen molar-refractivity contribution >= 4 is 23.4 Å². The molecule has 1 N–H and O–H groups in total. The summed E-state index contributed by atoms with van der Waals surface area (Å²) >= 11 is 0. The highest BCUT2D eigenvalue weighted by Gasteiger charge is 2.20. The van der Waals surface area contributed by atoms with Crippen molar-refractivity contribution in [2.45, 2.75) is 0 Å². The summed E-state index contributed by atoms with van der Waals surface area (Å²) in [4.78, 5) is 23.1. The van der Waals surface area contributed by atoms with Gasteiger partial charge in [-0.1, -0.05) is 12.1 Å². The van der Waals surface area contributed by atoms with Gasteiger partial charge < -0.3 is 14.5 Å². The van der Waals surface area contributed by atoms with Crippen LogP contribution in [-0.2, 0) is 4.79 Å². The smallest absolute Gasteiger partial charge is 0.284 e. The van der Waals surface area contributed by atoms with Crippen LogP contribution in [0.25, 0.3) is 17.4 Å². The van der Waals surface area contributed by atoms with E-state index in [0.717, 1.165) is 6.08 Å². The number of benzene rings is 2. The molecular weight excluding hydrogens is 393 g/mol. The van der Waals surface area contributed by atoms with Crippen LogP contribution in [0.1, 0.15) is 5.76 Å². The maximum absolute atomic E-state index is 13.7. The van der Waals surface area contributed by atoms with Gasteiger partial charge in [0.25, 0.3) is 11.6 Å². The summed E-state index contributed by atoms with van der Waals surface area (Å²) in [6.07, 6.45) is 1.16. The summed E-state index contributed by atoms with van der Waals surface area (Å²) in [6.45, 7) is 0. The Morgan fingerprint density at radius 2 is 2.03 bits per heavy atom. The number of nitrogens with zero attached hydrogens (tertiary/aromatic N) is 2. The zero-order valence-corrected chi connectivity index (χ0v) is 15.6. The third kappa shape index (κ3) is 4.34. The molecule has 2 aromatic carbocycles. The maximum atomic E-state index is 13.7. The largest absolute Gasteiger partial charge is 0.497 e. The van der Waals surface area contributed by atoms with E-state index in [4.69, 9.17) is 9.15 Å². The first-order valence-electron chi connectivity index (χ1n) is 8.53. The summed E-state index contributed by atoms with van der Waals surface area (Å²) in [5.41, 5.74) is -0.423. The Morgan fingerprint density at radius 1 is 1.27 bits per heavy atom. The van der Waals surface area contributed by atoms with E-state index in [1.165, 1.54) is 55.6 Å². The summed E-state index contributed by atoms with van der Waals surface area (Å²) in [5, 5.41) is 22.9. The second-order valence-corrected chi connectivity index (χ2v) is 5.95. The number of hydrogen-bond donors (Lipinski definition) is 1. The number of nitrogens with one attached hydrogen (secondary N) is 1. The van der Waals surface area contributed by atoms with Crippen LogP contribution in [0.5, 0.6) is 5.75 Å².